The van der Waals surface area contributed by atoms with E-state index in [0.29, 0.717) is 0 Å². The molecule has 0 saturated carbocycles. The molecule has 0 amide bonds. The van der Waals surface area contributed by atoms with Crippen LogP contribution in [0.5, 0.6) is 0 Å². The zero-order valence-electron chi connectivity index (χ0n) is 10.6. The van der Waals surface area contributed by atoms with Crippen molar-refractivity contribution in [1.82, 2.24) is 0 Å². The molecule has 0 unspecified atom stereocenters. The maximum Gasteiger partial charge on any atom is 2.00 e. The van der Waals surface area contributed by atoms with Crippen molar-refractivity contribution < 1.29 is 15.4 Å². The number of allylic oxidation sites excluding steroid dienone is 2. The Morgan fingerprint density at radius 3 is 1.53 bits per heavy atom. The van der Waals surface area contributed by atoms with Crippen LogP contribution in [0.25, 0.3) is 0 Å². The fraction of sp³-hybridized carbons (Fsp3) is 0.727. The quantitative estimate of drug-likeness (QED) is 0.404. The average Bonchev–Trinajstić information content (AvgIpc) is 1.82. The fourth-order valence-corrected chi connectivity index (χ4v) is 0.552. The van der Waals surface area contributed by atoms with Crippen LogP contribution in [0.1, 0.15) is 41.5 Å². The van der Waals surface area contributed by atoms with Crippen molar-refractivity contribution >= 4 is 51.3 Å². The topological polar surface area (TPSA) is 71.6 Å². The molecule has 0 fully saturated rings. The van der Waals surface area contributed by atoms with E-state index in [4.69, 9.17) is 0 Å². The van der Waals surface area contributed by atoms with E-state index in [9.17, 15) is 9.90 Å². The van der Waals surface area contributed by atoms with Crippen molar-refractivity contribution in [3.05, 3.63) is 11.8 Å². The van der Waals surface area contributed by atoms with Crippen LogP contribution in [-0.4, -0.2) is 56.7 Å². The van der Waals surface area contributed by atoms with Crippen LogP contribution in [0.15, 0.2) is 11.8 Å². The molecule has 0 aromatic rings. The average molecular weight is 289 g/mol. The van der Waals surface area contributed by atoms with Crippen LogP contribution in [0, 0.1) is 10.8 Å². The zero-order valence-corrected chi connectivity index (χ0v) is 14.1. The van der Waals surface area contributed by atoms with Gasteiger partial charge in [-0.15, -0.1) is 5.76 Å². The Balaban J connectivity index is -0.000000720. The van der Waals surface area contributed by atoms with Gasteiger partial charge < -0.3 is 10.6 Å². The molecule has 0 heterocycles. The molecule has 3 nitrogen and oxygen atoms in total. The molecule has 0 saturated heterocycles. The second kappa shape index (κ2) is 7.07. The first-order valence-electron chi connectivity index (χ1n) is 4.49. The van der Waals surface area contributed by atoms with Crippen molar-refractivity contribution in [2.45, 2.75) is 41.5 Å². The summed E-state index contributed by atoms with van der Waals surface area (Å²) in [4.78, 5) is 11.4. The van der Waals surface area contributed by atoms with E-state index < -0.39 is 10.8 Å². The number of hydrogen-bond donors (Lipinski definition) is 0. The number of carbonyl (C=O) groups excluding carboxylic acids is 1. The van der Waals surface area contributed by atoms with Crippen molar-refractivity contribution in [3.63, 3.8) is 0 Å². The number of carbonyl (C=O) groups is 1. The molecule has 0 aromatic heterocycles. The minimum Gasteiger partial charge on any atom is -0.875 e. The van der Waals surface area contributed by atoms with E-state index in [-0.39, 0.29) is 62.5 Å². The molecule has 0 aliphatic rings. The van der Waals surface area contributed by atoms with Gasteiger partial charge in [0.05, 0.1) is 0 Å². The summed E-state index contributed by atoms with van der Waals surface area (Å²) >= 11 is 0. The summed E-state index contributed by atoms with van der Waals surface area (Å²) < 4.78 is 0. The summed E-state index contributed by atoms with van der Waals surface area (Å²) in [5.41, 5.74) is -0.915. The van der Waals surface area contributed by atoms with Gasteiger partial charge in [0.2, 0.25) is 0 Å². The summed E-state index contributed by atoms with van der Waals surface area (Å²) in [6, 6.07) is 0. The normalized spacial score (nSPS) is 12.5. The molecular weight excluding hydrogens is 268 g/mol. The molecule has 0 aliphatic heterocycles. The maximum absolute atomic E-state index is 11.4. The first kappa shape index (κ1) is 21.0. The fourth-order valence-electron chi connectivity index (χ4n) is 0.552. The number of rotatable bonds is 1. The Labute approximate surface area is 130 Å². The van der Waals surface area contributed by atoms with E-state index in [2.05, 4.69) is 0 Å². The predicted molar refractivity (Wildman–Crippen MR) is 61.4 cm³/mol. The van der Waals surface area contributed by atoms with Crippen LogP contribution in [0.3, 0.4) is 0 Å². The van der Waals surface area contributed by atoms with Crippen molar-refractivity contribution in [2.24, 2.45) is 10.8 Å². The Morgan fingerprint density at radius 1 is 1.00 bits per heavy atom. The van der Waals surface area contributed by atoms with Gasteiger partial charge in [-0.1, -0.05) is 41.5 Å². The van der Waals surface area contributed by atoms with E-state index in [0.717, 1.165) is 0 Å². The minimum atomic E-state index is -0.457. The Morgan fingerprint density at radius 2 is 1.33 bits per heavy atom. The molecule has 0 spiro atoms. The monoisotopic (exact) mass is 289 g/mol. The third-order valence-corrected chi connectivity index (χ3v) is 1.74. The zero-order chi connectivity index (χ0) is 10.9. The van der Waals surface area contributed by atoms with Gasteiger partial charge in [-0.05, 0) is 11.5 Å². The third-order valence-electron chi connectivity index (χ3n) is 1.74. The minimum absolute atomic E-state index is 0. The van der Waals surface area contributed by atoms with Gasteiger partial charge in [0.15, 0.2) is 5.78 Å². The summed E-state index contributed by atoms with van der Waals surface area (Å²) in [5, 5.41) is 11.4. The van der Waals surface area contributed by atoms with Gasteiger partial charge in [0, 0.05) is 5.41 Å². The van der Waals surface area contributed by atoms with Crippen LogP contribution < -0.4 is 5.11 Å². The van der Waals surface area contributed by atoms with E-state index in [1.54, 1.807) is 0 Å². The largest absolute Gasteiger partial charge is 2.00 e. The molecule has 0 aromatic carbocycles. The molecule has 0 radical (unpaired) electrons. The van der Waals surface area contributed by atoms with Gasteiger partial charge >= 0.3 is 45.5 Å². The molecule has 2 N–H and O–H groups in total. The summed E-state index contributed by atoms with van der Waals surface area (Å²) in [6.45, 7) is 10.8. The summed E-state index contributed by atoms with van der Waals surface area (Å²) in [5.74, 6) is -0.208. The maximum atomic E-state index is 11.4. The molecule has 15 heavy (non-hydrogen) atoms. The van der Waals surface area contributed by atoms with Crippen molar-refractivity contribution in [1.29, 1.82) is 0 Å². The second-order valence-electron chi connectivity index (χ2n) is 5.37. The first-order valence-corrected chi connectivity index (χ1v) is 4.49. The van der Waals surface area contributed by atoms with Crippen LogP contribution in [0.4, 0.5) is 0 Å². The van der Waals surface area contributed by atoms with Crippen LogP contribution in [0.2, 0.25) is 0 Å². The molecule has 0 bridgehead atoms. The Hall–Kier alpha value is 0.651. The summed E-state index contributed by atoms with van der Waals surface area (Å²) in [6.07, 6.45) is 1.22. The Kier molecular flexibility index (Phi) is 9.89. The van der Waals surface area contributed by atoms with E-state index in [1.165, 1.54) is 6.08 Å². The van der Waals surface area contributed by atoms with Gasteiger partial charge in [-0.3, -0.25) is 4.79 Å². The molecule has 84 valence electrons. The van der Waals surface area contributed by atoms with Crippen LogP contribution >= 0.6 is 0 Å². The summed E-state index contributed by atoms with van der Waals surface area (Å²) in [7, 11) is 0. The third kappa shape index (κ3) is 8.46. The molecule has 4 heteroatoms. The number of hydrogen-bond acceptors (Lipinski definition) is 2. The van der Waals surface area contributed by atoms with Gasteiger partial charge in [-0.2, -0.15) is 0 Å². The smallest absolute Gasteiger partial charge is 0.875 e. The van der Waals surface area contributed by atoms with Gasteiger partial charge in [0.25, 0.3) is 0 Å². The van der Waals surface area contributed by atoms with Crippen molar-refractivity contribution in [2.75, 3.05) is 0 Å². The Bertz CT molecular complexity index is 231. The van der Waals surface area contributed by atoms with Crippen molar-refractivity contribution in [3.8, 4) is 0 Å². The first-order chi connectivity index (χ1) is 5.55. The second-order valence-corrected chi connectivity index (χ2v) is 5.37. The van der Waals surface area contributed by atoms with E-state index in [1.807, 2.05) is 41.5 Å². The molecule has 0 rings (SSSR count). The van der Waals surface area contributed by atoms with Crippen LogP contribution in [-0.2, 0) is 4.79 Å². The number of ketones is 1. The SMILES string of the molecule is CC(C)(C)C(=O)/C=C(\[O-])C(C)(C)C.O.[Sr+2]. The standard InChI is InChI=1S/C11H20O2.H2O.Sr/c1-10(2,3)8(12)7-9(13)11(4,5)6;;/h7,12H,1-6H3;1H2;/q;;+2/p-1/b8-7-;;. The van der Waals surface area contributed by atoms with E-state index >= 15 is 0 Å². The molecular formula is C11H21O3Sr+. The predicted octanol–water partition coefficient (Wildman–Crippen LogP) is 0.686. The molecule has 0 atom stereocenters. The van der Waals surface area contributed by atoms with Gasteiger partial charge in [0.1, 0.15) is 0 Å². The van der Waals surface area contributed by atoms with Gasteiger partial charge in [-0.25, -0.2) is 0 Å². The molecule has 0 aliphatic carbocycles.